The maximum absolute atomic E-state index is 11.5. The summed E-state index contributed by atoms with van der Waals surface area (Å²) in [5.41, 5.74) is 0.415. The molecule has 3 rings (SSSR count). The Morgan fingerprint density at radius 1 is 1.35 bits per heavy atom. The van der Waals surface area contributed by atoms with Gasteiger partial charge in [0, 0.05) is 5.22 Å². The van der Waals surface area contributed by atoms with Crippen LogP contribution in [0.1, 0.15) is 0 Å². The van der Waals surface area contributed by atoms with Gasteiger partial charge in [0.15, 0.2) is 11.7 Å². The first-order valence-electron chi connectivity index (χ1n) is 5.01. The molecule has 0 spiro atoms. The molecule has 0 saturated carbocycles. The molecule has 1 aromatic rings. The Labute approximate surface area is 95.4 Å². The van der Waals surface area contributed by atoms with Gasteiger partial charge in [0.2, 0.25) is 0 Å². The van der Waals surface area contributed by atoms with Gasteiger partial charge >= 0.3 is 11.9 Å². The standard InChI is InChI=1S/C12H7NO4/c14-11(15)7-5-9-10(17-12(7)16)6-3-1-2-4-8(6)13-9/h1-5,7H,(H,14,15). The van der Waals surface area contributed by atoms with Gasteiger partial charge in [-0.05, 0) is 18.2 Å². The third kappa shape index (κ3) is 1.36. The van der Waals surface area contributed by atoms with E-state index in [1.807, 2.05) is 6.07 Å². The van der Waals surface area contributed by atoms with E-state index in [1.54, 1.807) is 18.2 Å². The van der Waals surface area contributed by atoms with Crippen LogP contribution < -0.4 is 10.6 Å². The lowest BCUT2D eigenvalue weighted by atomic mass is 10.1. The lowest BCUT2D eigenvalue weighted by Gasteiger charge is -2.15. The quantitative estimate of drug-likeness (QED) is 0.523. The van der Waals surface area contributed by atoms with Crippen molar-refractivity contribution in [1.82, 2.24) is 0 Å². The molecular weight excluding hydrogens is 222 g/mol. The topological polar surface area (TPSA) is 76.0 Å². The number of carbonyl (C=O) groups is 2. The molecule has 1 atom stereocenters. The van der Waals surface area contributed by atoms with E-state index in [-0.39, 0.29) is 0 Å². The molecule has 5 heteroatoms. The van der Waals surface area contributed by atoms with E-state index >= 15 is 0 Å². The fourth-order valence-electron chi connectivity index (χ4n) is 1.86. The molecule has 2 aliphatic heterocycles. The first-order chi connectivity index (χ1) is 8.16. The highest BCUT2D eigenvalue weighted by atomic mass is 16.5. The maximum atomic E-state index is 11.5. The highest BCUT2D eigenvalue weighted by Gasteiger charge is 2.34. The van der Waals surface area contributed by atoms with Crippen molar-refractivity contribution in [3.8, 4) is 0 Å². The van der Waals surface area contributed by atoms with Crippen LogP contribution in [0, 0.1) is 5.92 Å². The molecule has 0 aromatic heterocycles. The molecule has 0 radical (unpaired) electrons. The molecule has 2 heterocycles. The summed E-state index contributed by atoms with van der Waals surface area (Å²) in [6, 6.07) is 7.19. The highest BCUT2D eigenvalue weighted by Crippen LogP contribution is 2.25. The fraction of sp³-hybridized carbons (Fsp3) is 0.0833. The summed E-state index contributed by atoms with van der Waals surface area (Å²) >= 11 is 0. The predicted molar refractivity (Wildman–Crippen MR) is 55.9 cm³/mol. The van der Waals surface area contributed by atoms with Crippen molar-refractivity contribution in [2.75, 3.05) is 0 Å². The molecule has 0 amide bonds. The van der Waals surface area contributed by atoms with Crippen molar-refractivity contribution in [2.24, 2.45) is 10.9 Å². The van der Waals surface area contributed by atoms with Crippen LogP contribution in [-0.2, 0) is 14.3 Å². The van der Waals surface area contributed by atoms with Gasteiger partial charge in [-0.2, -0.15) is 0 Å². The van der Waals surface area contributed by atoms with E-state index in [4.69, 9.17) is 9.84 Å². The lowest BCUT2D eigenvalue weighted by Crippen LogP contribution is -2.30. The molecule has 0 aliphatic carbocycles. The van der Waals surface area contributed by atoms with Crippen LogP contribution >= 0.6 is 0 Å². The Kier molecular flexibility index (Phi) is 1.89. The number of rotatable bonds is 1. The van der Waals surface area contributed by atoms with Crippen LogP contribution in [0.5, 0.6) is 0 Å². The molecule has 0 fully saturated rings. The minimum Gasteiger partial charge on any atom is -0.480 e. The first-order valence-corrected chi connectivity index (χ1v) is 5.01. The average Bonchev–Trinajstić information content (AvgIpc) is 2.65. The highest BCUT2D eigenvalue weighted by molar-refractivity contribution is 6.00. The number of hydrogen-bond acceptors (Lipinski definition) is 4. The molecule has 1 N–H and O–H groups in total. The largest absolute Gasteiger partial charge is 0.480 e. The number of hydrogen-bond donors (Lipinski definition) is 1. The van der Waals surface area contributed by atoms with E-state index in [1.165, 1.54) is 6.08 Å². The molecule has 84 valence electrons. The number of nitrogens with zero attached hydrogens (tertiary/aromatic N) is 1. The van der Waals surface area contributed by atoms with Gasteiger partial charge < -0.3 is 9.84 Å². The Morgan fingerprint density at radius 2 is 2.12 bits per heavy atom. The molecule has 17 heavy (non-hydrogen) atoms. The van der Waals surface area contributed by atoms with Gasteiger partial charge in [0.05, 0.1) is 5.36 Å². The zero-order valence-electron chi connectivity index (χ0n) is 8.58. The monoisotopic (exact) mass is 229 g/mol. The molecule has 1 unspecified atom stereocenters. The molecule has 2 aliphatic rings. The SMILES string of the molecule is O=C(O)C1C=C2N=c3ccccc3=C2OC1=O. The number of carboxylic acid groups (broad SMARTS) is 1. The zero-order chi connectivity index (χ0) is 12.0. The van der Waals surface area contributed by atoms with Crippen molar-refractivity contribution in [3.05, 3.63) is 46.6 Å². The average molecular weight is 229 g/mol. The number of fused-ring (bicyclic) bond motifs is 2. The van der Waals surface area contributed by atoms with Crippen molar-refractivity contribution in [1.29, 1.82) is 0 Å². The third-order valence-electron chi connectivity index (χ3n) is 2.67. The second kappa shape index (κ2) is 3.28. The minimum atomic E-state index is -1.27. The van der Waals surface area contributed by atoms with Gasteiger partial charge in [-0.3, -0.25) is 9.59 Å². The van der Waals surface area contributed by atoms with Crippen LogP contribution in [0.2, 0.25) is 0 Å². The Hall–Kier alpha value is -2.43. The van der Waals surface area contributed by atoms with E-state index in [9.17, 15) is 9.59 Å². The number of aliphatic carboxylic acids is 1. The number of esters is 1. The normalized spacial score (nSPS) is 20.9. The lowest BCUT2D eigenvalue weighted by molar-refractivity contribution is -0.152. The van der Waals surface area contributed by atoms with Gasteiger partial charge in [-0.25, -0.2) is 4.99 Å². The maximum Gasteiger partial charge on any atom is 0.329 e. The number of carboxylic acids is 1. The smallest absolute Gasteiger partial charge is 0.329 e. The van der Waals surface area contributed by atoms with Gasteiger partial charge in [0.25, 0.3) is 0 Å². The summed E-state index contributed by atoms with van der Waals surface area (Å²) in [6.45, 7) is 0. The summed E-state index contributed by atoms with van der Waals surface area (Å²) in [4.78, 5) is 26.5. The van der Waals surface area contributed by atoms with E-state index < -0.39 is 17.9 Å². The zero-order valence-corrected chi connectivity index (χ0v) is 8.58. The summed E-state index contributed by atoms with van der Waals surface area (Å²) in [5.74, 6) is -2.93. The summed E-state index contributed by atoms with van der Waals surface area (Å²) < 4.78 is 5.05. The molecule has 0 bridgehead atoms. The van der Waals surface area contributed by atoms with Gasteiger partial charge in [0.1, 0.15) is 5.70 Å². The number of carbonyl (C=O) groups excluding carboxylic acids is 1. The molecule has 0 saturated heterocycles. The number of ether oxygens (including phenoxy) is 1. The van der Waals surface area contributed by atoms with Crippen LogP contribution in [0.3, 0.4) is 0 Å². The molecule has 5 nitrogen and oxygen atoms in total. The second-order valence-electron chi connectivity index (χ2n) is 3.75. The minimum absolute atomic E-state index is 0.350. The van der Waals surface area contributed by atoms with E-state index in [0.29, 0.717) is 16.8 Å². The van der Waals surface area contributed by atoms with Crippen LogP contribution in [0.15, 0.2) is 41.0 Å². The summed E-state index contributed by atoms with van der Waals surface area (Å²) in [5, 5.41) is 10.3. The van der Waals surface area contributed by atoms with Gasteiger partial charge in [-0.15, -0.1) is 0 Å². The summed E-state index contributed by atoms with van der Waals surface area (Å²) in [7, 11) is 0. The second-order valence-corrected chi connectivity index (χ2v) is 3.75. The van der Waals surface area contributed by atoms with E-state index in [0.717, 1.165) is 5.22 Å². The Bertz CT molecular complexity index is 687. The van der Waals surface area contributed by atoms with Crippen molar-refractivity contribution in [3.63, 3.8) is 0 Å². The number of benzene rings is 1. The third-order valence-corrected chi connectivity index (χ3v) is 2.67. The molecular formula is C12H7NO4. The molecule has 1 aromatic carbocycles. The van der Waals surface area contributed by atoms with Gasteiger partial charge in [-0.1, -0.05) is 12.1 Å². The Morgan fingerprint density at radius 3 is 2.88 bits per heavy atom. The van der Waals surface area contributed by atoms with E-state index in [2.05, 4.69) is 4.99 Å². The Balaban J connectivity index is 2.25. The van der Waals surface area contributed by atoms with Crippen LogP contribution in [-0.4, -0.2) is 17.0 Å². The fourth-order valence-corrected chi connectivity index (χ4v) is 1.86. The summed E-state index contributed by atoms with van der Waals surface area (Å²) in [6.07, 6.45) is 1.32. The van der Waals surface area contributed by atoms with Crippen LogP contribution in [0.25, 0.3) is 5.76 Å². The van der Waals surface area contributed by atoms with Crippen LogP contribution in [0.4, 0.5) is 0 Å². The van der Waals surface area contributed by atoms with Crippen molar-refractivity contribution in [2.45, 2.75) is 0 Å². The van der Waals surface area contributed by atoms with Crippen molar-refractivity contribution < 1.29 is 19.4 Å². The number of para-hydroxylation sites is 1. The first kappa shape index (κ1) is 9.77. The van der Waals surface area contributed by atoms with Crippen molar-refractivity contribution >= 4 is 17.7 Å². The predicted octanol–water partition coefficient (Wildman–Crippen LogP) is -0.430.